The molecule has 134 valence electrons. The molecule has 25 heavy (non-hydrogen) atoms. The number of nitrogens with two attached hydrogens (primary N) is 1. The fourth-order valence-electron chi connectivity index (χ4n) is 2.55. The largest absolute Gasteiger partial charge is 0.465 e. The second-order valence-electron chi connectivity index (χ2n) is 6.44. The first-order valence-electron chi connectivity index (χ1n) is 8.13. The van der Waals surface area contributed by atoms with Crippen molar-refractivity contribution in [1.82, 2.24) is 0 Å². The van der Waals surface area contributed by atoms with Crippen LogP contribution in [0.15, 0.2) is 42.5 Å². The zero-order chi connectivity index (χ0) is 18.6. The molecule has 0 saturated carbocycles. The molecular formula is C19H25N3O3. The highest BCUT2D eigenvalue weighted by molar-refractivity contribution is 5.90. The molecule has 2 aromatic carbocycles. The Morgan fingerprint density at radius 2 is 1.84 bits per heavy atom. The van der Waals surface area contributed by atoms with Gasteiger partial charge in [0.1, 0.15) is 11.5 Å². The Labute approximate surface area is 148 Å². The highest BCUT2D eigenvalue weighted by Crippen LogP contribution is 2.31. The SMILES string of the molecule is CC(C)CN(C)c1cccc(Oc2ccc(N)c(N(C)C(=O)O)c2)c1. The van der Waals surface area contributed by atoms with Crippen LogP contribution >= 0.6 is 0 Å². The number of amides is 1. The summed E-state index contributed by atoms with van der Waals surface area (Å²) in [6.07, 6.45) is -1.08. The third kappa shape index (κ3) is 4.79. The van der Waals surface area contributed by atoms with E-state index in [1.54, 1.807) is 18.2 Å². The van der Waals surface area contributed by atoms with Gasteiger partial charge in [0.05, 0.1) is 11.4 Å². The minimum Gasteiger partial charge on any atom is -0.465 e. The summed E-state index contributed by atoms with van der Waals surface area (Å²) >= 11 is 0. The molecule has 0 bridgehead atoms. The lowest BCUT2D eigenvalue weighted by Gasteiger charge is -2.22. The molecule has 0 unspecified atom stereocenters. The van der Waals surface area contributed by atoms with Crippen molar-refractivity contribution in [2.75, 3.05) is 36.2 Å². The average Bonchev–Trinajstić information content (AvgIpc) is 2.55. The van der Waals surface area contributed by atoms with Crippen molar-refractivity contribution >= 4 is 23.2 Å². The van der Waals surface area contributed by atoms with Gasteiger partial charge < -0.3 is 20.5 Å². The van der Waals surface area contributed by atoms with Gasteiger partial charge in [-0.15, -0.1) is 0 Å². The highest BCUT2D eigenvalue weighted by atomic mass is 16.5. The molecule has 6 heteroatoms. The summed E-state index contributed by atoms with van der Waals surface area (Å²) < 4.78 is 5.90. The van der Waals surface area contributed by atoms with Crippen LogP contribution in [0.5, 0.6) is 11.5 Å². The van der Waals surface area contributed by atoms with Crippen LogP contribution in [0.2, 0.25) is 0 Å². The van der Waals surface area contributed by atoms with E-state index in [4.69, 9.17) is 15.6 Å². The highest BCUT2D eigenvalue weighted by Gasteiger charge is 2.13. The third-order valence-electron chi connectivity index (χ3n) is 3.78. The Bertz CT molecular complexity index is 746. The molecule has 0 spiro atoms. The molecule has 0 radical (unpaired) electrons. The van der Waals surface area contributed by atoms with Crippen molar-refractivity contribution in [2.45, 2.75) is 13.8 Å². The van der Waals surface area contributed by atoms with Crippen LogP contribution < -0.4 is 20.3 Å². The van der Waals surface area contributed by atoms with Gasteiger partial charge in [0.2, 0.25) is 0 Å². The number of rotatable bonds is 6. The Morgan fingerprint density at radius 1 is 1.16 bits per heavy atom. The molecule has 6 nitrogen and oxygen atoms in total. The molecule has 3 N–H and O–H groups in total. The monoisotopic (exact) mass is 343 g/mol. The maximum atomic E-state index is 11.2. The van der Waals surface area contributed by atoms with Crippen molar-refractivity contribution in [3.05, 3.63) is 42.5 Å². The van der Waals surface area contributed by atoms with E-state index in [0.29, 0.717) is 28.8 Å². The van der Waals surface area contributed by atoms with Crippen molar-refractivity contribution in [3.63, 3.8) is 0 Å². The Kier molecular flexibility index (Phi) is 5.75. The first kappa shape index (κ1) is 18.4. The van der Waals surface area contributed by atoms with Gasteiger partial charge in [-0.05, 0) is 30.2 Å². The number of ether oxygens (including phenoxy) is 1. The van der Waals surface area contributed by atoms with Gasteiger partial charge in [0.25, 0.3) is 0 Å². The predicted octanol–water partition coefficient (Wildman–Crippen LogP) is 4.27. The van der Waals surface area contributed by atoms with Gasteiger partial charge in [-0.1, -0.05) is 19.9 Å². The summed E-state index contributed by atoms with van der Waals surface area (Å²) in [6.45, 7) is 5.29. The minimum absolute atomic E-state index is 0.377. The van der Waals surface area contributed by atoms with Crippen molar-refractivity contribution < 1.29 is 14.6 Å². The topological polar surface area (TPSA) is 79.0 Å². The van der Waals surface area contributed by atoms with Gasteiger partial charge in [0, 0.05) is 38.5 Å². The predicted molar refractivity (Wildman–Crippen MR) is 102 cm³/mol. The van der Waals surface area contributed by atoms with Crippen LogP contribution in [0.25, 0.3) is 0 Å². The van der Waals surface area contributed by atoms with Gasteiger partial charge in [0.15, 0.2) is 0 Å². The third-order valence-corrected chi connectivity index (χ3v) is 3.78. The Morgan fingerprint density at radius 3 is 2.48 bits per heavy atom. The molecule has 0 fully saturated rings. The minimum atomic E-state index is -1.08. The number of nitrogen functional groups attached to an aromatic ring is 1. The van der Waals surface area contributed by atoms with Crippen LogP contribution in [0.1, 0.15) is 13.8 Å². The van der Waals surface area contributed by atoms with E-state index in [2.05, 4.69) is 18.7 Å². The molecule has 0 aliphatic carbocycles. The quantitative estimate of drug-likeness (QED) is 0.766. The number of carbonyl (C=O) groups is 1. The second kappa shape index (κ2) is 7.79. The number of hydrogen-bond donors (Lipinski definition) is 2. The maximum absolute atomic E-state index is 11.2. The fourth-order valence-corrected chi connectivity index (χ4v) is 2.55. The normalized spacial score (nSPS) is 10.6. The zero-order valence-corrected chi connectivity index (χ0v) is 15.1. The number of anilines is 3. The molecule has 0 aliphatic heterocycles. The van der Waals surface area contributed by atoms with Gasteiger partial charge in [-0.2, -0.15) is 0 Å². The first-order valence-corrected chi connectivity index (χ1v) is 8.13. The van der Waals surface area contributed by atoms with Crippen molar-refractivity contribution in [1.29, 1.82) is 0 Å². The van der Waals surface area contributed by atoms with E-state index < -0.39 is 6.09 Å². The summed E-state index contributed by atoms with van der Waals surface area (Å²) in [4.78, 5) is 14.4. The molecule has 0 atom stereocenters. The molecule has 2 aromatic rings. The summed E-state index contributed by atoms with van der Waals surface area (Å²) in [6, 6.07) is 12.8. The van der Waals surface area contributed by atoms with Crippen LogP contribution in [-0.2, 0) is 0 Å². The maximum Gasteiger partial charge on any atom is 0.411 e. The zero-order valence-electron chi connectivity index (χ0n) is 15.1. The first-order chi connectivity index (χ1) is 11.8. The van der Waals surface area contributed by atoms with Crippen molar-refractivity contribution in [2.24, 2.45) is 5.92 Å². The average molecular weight is 343 g/mol. The summed E-state index contributed by atoms with van der Waals surface area (Å²) in [5, 5.41) is 9.13. The molecule has 1 amide bonds. The van der Waals surface area contributed by atoms with Gasteiger partial charge >= 0.3 is 6.09 Å². The van der Waals surface area contributed by atoms with E-state index in [1.165, 1.54) is 7.05 Å². The lowest BCUT2D eigenvalue weighted by Crippen LogP contribution is -2.24. The van der Waals surface area contributed by atoms with Crippen LogP contribution in [0, 0.1) is 5.92 Å². The summed E-state index contributed by atoms with van der Waals surface area (Å²) in [7, 11) is 3.49. The van der Waals surface area contributed by atoms with E-state index in [-0.39, 0.29) is 0 Å². The number of carboxylic acid groups (broad SMARTS) is 1. The van der Waals surface area contributed by atoms with E-state index in [0.717, 1.165) is 17.1 Å². The van der Waals surface area contributed by atoms with Crippen LogP contribution in [0.4, 0.5) is 21.9 Å². The van der Waals surface area contributed by atoms with E-state index in [1.807, 2.05) is 31.3 Å². The second-order valence-corrected chi connectivity index (χ2v) is 6.44. The van der Waals surface area contributed by atoms with E-state index >= 15 is 0 Å². The molecule has 0 heterocycles. The van der Waals surface area contributed by atoms with E-state index in [9.17, 15) is 4.79 Å². The molecular weight excluding hydrogens is 318 g/mol. The lowest BCUT2D eigenvalue weighted by atomic mass is 10.2. The summed E-state index contributed by atoms with van der Waals surface area (Å²) in [5.74, 6) is 1.77. The summed E-state index contributed by atoms with van der Waals surface area (Å²) in [5.41, 5.74) is 7.69. The number of benzene rings is 2. The number of nitrogens with zero attached hydrogens (tertiary/aromatic N) is 2. The van der Waals surface area contributed by atoms with Gasteiger partial charge in [-0.25, -0.2) is 4.79 Å². The van der Waals surface area contributed by atoms with Gasteiger partial charge in [-0.3, -0.25) is 4.90 Å². The lowest BCUT2D eigenvalue weighted by molar-refractivity contribution is 0.203. The van der Waals surface area contributed by atoms with Crippen molar-refractivity contribution in [3.8, 4) is 11.5 Å². The van der Waals surface area contributed by atoms with Crippen LogP contribution in [-0.4, -0.2) is 31.8 Å². The molecule has 0 saturated heterocycles. The molecule has 2 rings (SSSR count). The smallest absolute Gasteiger partial charge is 0.411 e. The number of hydrogen-bond acceptors (Lipinski definition) is 4. The van der Waals surface area contributed by atoms with Crippen LogP contribution in [0.3, 0.4) is 0 Å². The molecule has 0 aliphatic rings. The molecule has 0 aromatic heterocycles. The Hall–Kier alpha value is -2.89. The Balaban J connectivity index is 2.22. The standard InChI is InChI=1S/C19H25N3O3/c1-13(2)12-21(3)14-6-5-7-15(10-14)25-16-8-9-17(20)18(11-16)22(4)19(23)24/h5-11,13H,12,20H2,1-4H3,(H,23,24). The fraction of sp³-hybridized carbons (Fsp3) is 0.316.